The van der Waals surface area contributed by atoms with Gasteiger partial charge in [0.05, 0.1) is 6.61 Å². The van der Waals surface area contributed by atoms with Crippen LogP contribution in [0, 0.1) is 0 Å². The van der Waals surface area contributed by atoms with Crippen molar-refractivity contribution in [2.75, 3.05) is 16.8 Å². The van der Waals surface area contributed by atoms with E-state index in [1.165, 1.54) is 0 Å². The number of anilines is 2. The molecule has 1 saturated heterocycles. The number of carbonyl (C=O) groups excluding carboxylic acids is 2. The second-order valence-corrected chi connectivity index (χ2v) is 5.60. The molecule has 2 aromatic rings. The van der Waals surface area contributed by atoms with Crippen molar-refractivity contribution in [1.29, 1.82) is 0 Å². The van der Waals surface area contributed by atoms with Crippen molar-refractivity contribution < 1.29 is 14.3 Å². The largest absolute Gasteiger partial charge is 0.494 e. The highest BCUT2D eigenvalue weighted by Gasteiger charge is 2.36. The minimum Gasteiger partial charge on any atom is -0.494 e. The molecule has 1 aliphatic heterocycles. The Labute approximate surface area is 141 Å². The van der Waals surface area contributed by atoms with E-state index in [0.29, 0.717) is 25.1 Å². The minimum absolute atomic E-state index is 0.0203. The molecule has 0 bridgehead atoms. The van der Waals surface area contributed by atoms with Gasteiger partial charge in [-0.15, -0.1) is 0 Å². The summed E-state index contributed by atoms with van der Waals surface area (Å²) in [4.78, 5) is 26.4. The molecule has 0 spiro atoms. The number of hydrogen-bond acceptors (Lipinski definition) is 3. The summed E-state index contributed by atoms with van der Waals surface area (Å²) in [6, 6.07) is 16.1. The molecule has 2 amide bonds. The summed E-state index contributed by atoms with van der Waals surface area (Å²) in [5.74, 6) is 0.569. The van der Waals surface area contributed by atoms with Crippen LogP contribution in [0.2, 0.25) is 0 Å². The number of para-hydroxylation sites is 1. The lowest BCUT2D eigenvalue weighted by atomic mass is 10.2. The normalized spacial score (nSPS) is 17.0. The average molecular weight is 324 g/mol. The Hall–Kier alpha value is -2.82. The van der Waals surface area contributed by atoms with Crippen molar-refractivity contribution in [2.24, 2.45) is 0 Å². The summed E-state index contributed by atoms with van der Waals surface area (Å²) in [6.07, 6.45) is 0.910. The van der Waals surface area contributed by atoms with Gasteiger partial charge in [0.1, 0.15) is 11.8 Å². The number of nitrogens with zero attached hydrogens (tertiary/aromatic N) is 1. The zero-order chi connectivity index (χ0) is 16.9. The first kappa shape index (κ1) is 16.1. The molecular weight excluding hydrogens is 304 g/mol. The molecule has 0 aliphatic carbocycles. The molecule has 1 unspecified atom stereocenters. The summed E-state index contributed by atoms with van der Waals surface area (Å²) in [5.41, 5.74) is 1.45. The number of nitrogens with one attached hydrogen (secondary N) is 1. The van der Waals surface area contributed by atoms with E-state index >= 15 is 0 Å². The van der Waals surface area contributed by atoms with Gasteiger partial charge >= 0.3 is 0 Å². The zero-order valence-electron chi connectivity index (χ0n) is 13.6. The molecular formula is C19H20N2O3. The van der Waals surface area contributed by atoms with Gasteiger partial charge in [-0.2, -0.15) is 0 Å². The standard InChI is InChI=1S/C19H20N2O3/c1-2-24-16-10-8-14(9-11-16)20-19(23)17-12-13-18(22)21(17)15-6-4-3-5-7-15/h3-11,17H,2,12-13H2,1H3,(H,20,23). The van der Waals surface area contributed by atoms with Crippen molar-refractivity contribution in [3.8, 4) is 5.75 Å². The Morgan fingerprint density at radius 1 is 1.17 bits per heavy atom. The molecule has 0 aromatic heterocycles. The van der Waals surface area contributed by atoms with E-state index in [9.17, 15) is 9.59 Å². The first-order valence-corrected chi connectivity index (χ1v) is 8.10. The van der Waals surface area contributed by atoms with Gasteiger partial charge in [-0.25, -0.2) is 0 Å². The molecule has 1 fully saturated rings. The number of carbonyl (C=O) groups is 2. The monoisotopic (exact) mass is 324 g/mol. The van der Waals surface area contributed by atoms with Crippen LogP contribution in [0.5, 0.6) is 5.75 Å². The zero-order valence-corrected chi connectivity index (χ0v) is 13.6. The molecule has 1 heterocycles. The maximum atomic E-state index is 12.6. The third-order valence-electron chi connectivity index (χ3n) is 3.98. The second kappa shape index (κ2) is 7.17. The molecule has 1 aliphatic rings. The highest BCUT2D eigenvalue weighted by atomic mass is 16.5. The van der Waals surface area contributed by atoms with Crippen LogP contribution in [0.3, 0.4) is 0 Å². The van der Waals surface area contributed by atoms with E-state index in [-0.39, 0.29) is 11.8 Å². The first-order valence-electron chi connectivity index (χ1n) is 8.10. The first-order chi connectivity index (χ1) is 11.7. The van der Waals surface area contributed by atoms with Crippen LogP contribution in [-0.4, -0.2) is 24.5 Å². The molecule has 5 heteroatoms. The Kier molecular flexibility index (Phi) is 4.79. The van der Waals surface area contributed by atoms with Crippen LogP contribution >= 0.6 is 0 Å². The number of benzene rings is 2. The van der Waals surface area contributed by atoms with Gasteiger partial charge in [0.15, 0.2) is 0 Å². The summed E-state index contributed by atoms with van der Waals surface area (Å²) in [5, 5.41) is 2.89. The number of rotatable bonds is 5. The van der Waals surface area contributed by atoms with E-state index in [1.54, 1.807) is 17.0 Å². The van der Waals surface area contributed by atoms with E-state index in [1.807, 2.05) is 49.4 Å². The van der Waals surface area contributed by atoms with Crippen molar-refractivity contribution in [3.05, 3.63) is 54.6 Å². The number of amides is 2. The summed E-state index contributed by atoms with van der Waals surface area (Å²) >= 11 is 0. The molecule has 3 rings (SSSR count). The van der Waals surface area contributed by atoms with Gasteiger partial charge in [-0.05, 0) is 49.7 Å². The highest BCUT2D eigenvalue weighted by molar-refractivity contribution is 6.07. The molecule has 1 atom stereocenters. The lowest BCUT2D eigenvalue weighted by molar-refractivity contribution is -0.120. The molecule has 24 heavy (non-hydrogen) atoms. The molecule has 1 N–H and O–H groups in total. The van der Waals surface area contributed by atoms with Gasteiger partial charge in [0.25, 0.3) is 0 Å². The van der Waals surface area contributed by atoms with Gasteiger partial charge in [-0.1, -0.05) is 18.2 Å². The molecule has 124 valence electrons. The van der Waals surface area contributed by atoms with E-state index in [4.69, 9.17) is 4.74 Å². The quantitative estimate of drug-likeness (QED) is 0.918. The molecule has 5 nitrogen and oxygen atoms in total. The Balaban J connectivity index is 1.72. The van der Waals surface area contributed by atoms with Crippen LogP contribution in [0.4, 0.5) is 11.4 Å². The number of hydrogen-bond donors (Lipinski definition) is 1. The van der Waals surface area contributed by atoms with E-state index in [0.717, 1.165) is 11.4 Å². The Morgan fingerprint density at radius 3 is 2.54 bits per heavy atom. The lowest BCUT2D eigenvalue weighted by Crippen LogP contribution is -2.41. The fourth-order valence-electron chi connectivity index (χ4n) is 2.87. The summed E-state index contributed by atoms with van der Waals surface area (Å²) in [6.45, 7) is 2.52. The van der Waals surface area contributed by atoms with Gasteiger partial charge in [0, 0.05) is 17.8 Å². The lowest BCUT2D eigenvalue weighted by Gasteiger charge is -2.24. The Bertz CT molecular complexity index is 713. The van der Waals surface area contributed by atoms with Crippen LogP contribution in [0.1, 0.15) is 19.8 Å². The predicted molar refractivity (Wildman–Crippen MR) is 93.2 cm³/mol. The smallest absolute Gasteiger partial charge is 0.247 e. The van der Waals surface area contributed by atoms with Crippen molar-refractivity contribution in [2.45, 2.75) is 25.8 Å². The number of ether oxygens (including phenoxy) is 1. The SMILES string of the molecule is CCOc1ccc(NC(=O)C2CCC(=O)N2c2ccccc2)cc1. The summed E-state index contributed by atoms with van der Waals surface area (Å²) in [7, 11) is 0. The fraction of sp³-hybridized carbons (Fsp3) is 0.263. The van der Waals surface area contributed by atoms with Gasteiger partial charge < -0.3 is 10.1 Å². The van der Waals surface area contributed by atoms with E-state index in [2.05, 4.69) is 5.32 Å². The van der Waals surface area contributed by atoms with Crippen LogP contribution in [-0.2, 0) is 9.59 Å². The third kappa shape index (κ3) is 3.40. The van der Waals surface area contributed by atoms with Crippen molar-refractivity contribution in [1.82, 2.24) is 0 Å². The van der Waals surface area contributed by atoms with Gasteiger partial charge in [-0.3, -0.25) is 14.5 Å². The van der Waals surface area contributed by atoms with Crippen LogP contribution < -0.4 is 15.0 Å². The third-order valence-corrected chi connectivity index (χ3v) is 3.98. The van der Waals surface area contributed by atoms with E-state index < -0.39 is 6.04 Å². The Morgan fingerprint density at radius 2 is 1.88 bits per heavy atom. The predicted octanol–water partition coefficient (Wildman–Crippen LogP) is 3.22. The fourth-order valence-corrected chi connectivity index (χ4v) is 2.87. The highest BCUT2D eigenvalue weighted by Crippen LogP contribution is 2.27. The molecule has 2 aromatic carbocycles. The maximum Gasteiger partial charge on any atom is 0.247 e. The minimum atomic E-state index is -0.480. The van der Waals surface area contributed by atoms with Gasteiger partial charge in [0.2, 0.25) is 11.8 Å². The van der Waals surface area contributed by atoms with Crippen molar-refractivity contribution >= 4 is 23.2 Å². The maximum absolute atomic E-state index is 12.6. The second-order valence-electron chi connectivity index (χ2n) is 5.60. The average Bonchev–Trinajstić information content (AvgIpc) is 2.99. The molecule has 0 saturated carbocycles. The van der Waals surface area contributed by atoms with Crippen molar-refractivity contribution in [3.63, 3.8) is 0 Å². The topological polar surface area (TPSA) is 58.6 Å². The molecule has 0 radical (unpaired) electrons. The van der Waals surface area contributed by atoms with Crippen LogP contribution in [0.15, 0.2) is 54.6 Å². The van der Waals surface area contributed by atoms with Crippen LogP contribution in [0.25, 0.3) is 0 Å². The summed E-state index contributed by atoms with van der Waals surface area (Å²) < 4.78 is 5.39.